The normalized spacial score (nSPS) is 11.0. The summed E-state index contributed by atoms with van der Waals surface area (Å²) in [5, 5.41) is 13.4. The molecular formula is C16H15N3O3. The molecule has 2 aromatic rings. The van der Waals surface area contributed by atoms with Crippen LogP contribution in [0.4, 0.5) is 0 Å². The van der Waals surface area contributed by atoms with Gasteiger partial charge in [-0.25, -0.2) is 5.43 Å². The molecule has 0 saturated carbocycles. The zero-order valence-electron chi connectivity index (χ0n) is 12.0. The highest BCUT2D eigenvalue weighted by atomic mass is 16.3. The van der Waals surface area contributed by atoms with Gasteiger partial charge < -0.3 is 5.11 Å². The van der Waals surface area contributed by atoms with Crippen molar-refractivity contribution in [3.05, 3.63) is 59.9 Å². The Morgan fingerprint density at radius 3 is 2.68 bits per heavy atom. The smallest absolute Gasteiger partial charge is 0.275 e. The van der Waals surface area contributed by atoms with E-state index in [1.54, 1.807) is 37.4 Å². The molecule has 1 aromatic heterocycles. The van der Waals surface area contributed by atoms with Crippen LogP contribution in [0.15, 0.2) is 53.9 Å². The molecule has 0 radical (unpaired) electrons. The molecule has 2 rings (SSSR count). The third-order valence-corrected chi connectivity index (χ3v) is 2.90. The monoisotopic (exact) mass is 297 g/mol. The fourth-order valence-electron chi connectivity index (χ4n) is 1.77. The van der Waals surface area contributed by atoms with Gasteiger partial charge in [-0.15, -0.1) is 0 Å². The number of aromatic hydroxyl groups is 1. The Bertz CT molecular complexity index is 712. The molecule has 0 saturated heterocycles. The molecule has 1 amide bonds. The van der Waals surface area contributed by atoms with Gasteiger partial charge in [-0.3, -0.25) is 14.6 Å². The van der Waals surface area contributed by atoms with E-state index in [9.17, 15) is 14.7 Å². The minimum Gasteiger partial charge on any atom is -0.507 e. The van der Waals surface area contributed by atoms with E-state index in [-0.39, 0.29) is 23.5 Å². The zero-order valence-corrected chi connectivity index (χ0v) is 12.0. The molecule has 6 nitrogen and oxygen atoms in total. The van der Waals surface area contributed by atoms with Crippen molar-refractivity contribution < 1.29 is 14.7 Å². The SMILES string of the molecule is CC(CC(=O)c1cccnc1)=NNC(=O)c1ccccc1O. The van der Waals surface area contributed by atoms with Crippen LogP contribution in [-0.4, -0.2) is 27.5 Å². The van der Waals surface area contributed by atoms with Crippen LogP contribution in [0.5, 0.6) is 5.75 Å². The van der Waals surface area contributed by atoms with E-state index in [1.807, 2.05) is 0 Å². The maximum atomic E-state index is 12.0. The van der Waals surface area contributed by atoms with Crippen molar-refractivity contribution in [1.29, 1.82) is 0 Å². The molecule has 0 aliphatic rings. The lowest BCUT2D eigenvalue weighted by Crippen LogP contribution is -2.20. The minimum absolute atomic E-state index is 0.0761. The first-order valence-corrected chi connectivity index (χ1v) is 6.62. The lowest BCUT2D eigenvalue weighted by Gasteiger charge is -2.04. The van der Waals surface area contributed by atoms with E-state index < -0.39 is 5.91 Å². The molecule has 6 heteroatoms. The van der Waals surface area contributed by atoms with Crippen LogP contribution >= 0.6 is 0 Å². The highest BCUT2D eigenvalue weighted by Crippen LogP contribution is 2.14. The number of carbonyl (C=O) groups excluding carboxylic acids is 2. The van der Waals surface area contributed by atoms with E-state index >= 15 is 0 Å². The largest absolute Gasteiger partial charge is 0.507 e. The lowest BCUT2D eigenvalue weighted by molar-refractivity contribution is 0.0948. The Morgan fingerprint density at radius 2 is 2.00 bits per heavy atom. The Kier molecular flexibility index (Phi) is 4.98. The predicted molar refractivity (Wildman–Crippen MR) is 81.9 cm³/mol. The van der Waals surface area contributed by atoms with E-state index in [0.717, 1.165) is 0 Å². The highest BCUT2D eigenvalue weighted by molar-refractivity contribution is 6.09. The molecule has 0 unspecified atom stereocenters. The number of nitrogens with one attached hydrogen (secondary N) is 1. The summed E-state index contributed by atoms with van der Waals surface area (Å²) >= 11 is 0. The summed E-state index contributed by atoms with van der Waals surface area (Å²) in [6, 6.07) is 9.50. The summed E-state index contributed by atoms with van der Waals surface area (Å²) in [6.07, 6.45) is 3.15. The van der Waals surface area contributed by atoms with Gasteiger partial charge in [0.25, 0.3) is 5.91 Å². The van der Waals surface area contributed by atoms with Gasteiger partial charge in [0.15, 0.2) is 5.78 Å². The number of carbonyl (C=O) groups is 2. The number of rotatable bonds is 5. The lowest BCUT2D eigenvalue weighted by atomic mass is 10.1. The molecule has 112 valence electrons. The maximum Gasteiger partial charge on any atom is 0.275 e. The van der Waals surface area contributed by atoms with Gasteiger partial charge in [-0.05, 0) is 31.2 Å². The zero-order chi connectivity index (χ0) is 15.9. The predicted octanol–water partition coefficient (Wildman–Crippen LogP) is 2.17. The number of pyridine rings is 1. The van der Waals surface area contributed by atoms with Gasteiger partial charge in [0.2, 0.25) is 0 Å². The summed E-state index contributed by atoms with van der Waals surface area (Å²) in [5.74, 6) is -0.795. The maximum absolute atomic E-state index is 12.0. The second-order valence-corrected chi connectivity index (χ2v) is 4.65. The average Bonchev–Trinajstić information content (AvgIpc) is 2.54. The number of nitrogens with zero attached hydrogens (tertiary/aromatic N) is 2. The Morgan fingerprint density at radius 1 is 1.23 bits per heavy atom. The quantitative estimate of drug-likeness (QED) is 0.502. The second kappa shape index (κ2) is 7.12. The molecule has 1 aromatic carbocycles. The van der Waals surface area contributed by atoms with Crippen LogP contribution in [-0.2, 0) is 0 Å². The summed E-state index contributed by atoms with van der Waals surface area (Å²) < 4.78 is 0. The standard InChI is InChI=1S/C16H15N3O3/c1-11(9-15(21)12-5-4-8-17-10-12)18-19-16(22)13-6-2-3-7-14(13)20/h2-8,10,20H,9H2,1H3,(H,19,22). The van der Waals surface area contributed by atoms with Crippen molar-refractivity contribution in [2.24, 2.45) is 5.10 Å². The fourth-order valence-corrected chi connectivity index (χ4v) is 1.77. The number of phenolic OH excluding ortho intramolecular Hbond substituents is 1. The number of ketones is 1. The van der Waals surface area contributed by atoms with E-state index in [0.29, 0.717) is 11.3 Å². The molecule has 0 aliphatic carbocycles. The van der Waals surface area contributed by atoms with Gasteiger partial charge in [0.05, 0.1) is 12.0 Å². The summed E-state index contributed by atoms with van der Waals surface area (Å²) in [5.41, 5.74) is 3.39. The molecule has 0 atom stereocenters. The first kappa shape index (κ1) is 15.4. The van der Waals surface area contributed by atoms with E-state index in [4.69, 9.17) is 0 Å². The van der Waals surface area contributed by atoms with E-state index in [2.05, 4.69) is 15.5 Å². The van der Waals surface area contributed by atoms with Gasteiger partial charge in [-0.2, -0.15) is 5.10 Å². The van der Waals surface area contributed by atoms with Crippen molar-refractivity contribution in [1.82, 2.24) is 10.4 Å². The molecule has 22 heavy (non-hydrogen) atoms. The van der Waals surface area contributed by atoms with Gasteiger partial charge in [0, 0.05) is 23.7 Å². The molecule has 0 spiro atoms. The molecule has 0 bridgehead atoms. The van der Waals surface area contributed by atoms with Crippen molar-refractivity contribution in [2.45, 2.75) is 13.3 Å². The Balaban J connectivity index is 1.97. The van der Waals surface area contributed by atoms with Crippen LogP contribution in [0.25, 0.3) is 0 Å². The van der Waals surface area contributed by atoms with Crippen LogP contribution in [0.3, 0.4) is 0 Å². The molecule has 1 heterocycles. The number of hydrazone groups is 1. The van der Waals surface area contributed by atoms with E-state index in [1.165, 1.54) is 18.3 Å². The van der Waals surface area contributed by atoms with Crippen LogP contribution < -0.4 is 5.43 Å². The molecule has 2 N–H and O–H groups in total. The van der Waals surface area contributed by atoms with Crippen molar-refractivity contribution in [3.8, 4) is 5.75 Å². The van der Waals surface area contributed by atoms with Crippen LogP contribution in [0, 0.1) is 0 Å². The first-order valence-electron chi connectivity index (χ1n) is 6.62. The topological polar surface area (TPSA) is 91.7 Å². The van der Waals surface area contributed by atoms with Gasteiger partial charge >= 0.3 is 0 Å². The third kappa shape index (κ3) is 3.99. The molecular weight excluding hydrogens is 282 g/mol. The third-order valence-electron chi connectivity index (χ3n) is 2.90. The summed E-state index contributed by atoms with van der Waals surface area (Å²) in [6.45, 7) is 1.64. The van der Waals surface area contributed by atoms with Crippen molar-refractivity contribution in [2.75, 3.05) is 0 Å². The van der Waals surface area contributed by atoms with Crippen LogP contribution in [0.1, 0.15) is 34.1 Å². The number of Topliss-reactive ketones (excluding diaryl/α,β-unsaturated/α-hetero) is 1. The number of hydrogen-bond acceptors (Lipinski definition) is 5. The Labute approximate surface area is 127 Å². The van der Waals surface area contributed by atoms with Crippen molar-refractivity contribution >= 4 is 17.4 Å². The average molecular weight is 297 g/mol. The number of para-hydroxylation sites is 1. The summed E-state index contributed by atoms with van der Waals surface area (Å²) in [7, 11) is 0. The number of hydrogen-bond donors (Lipinski definition) is 2. The van der Waals surface area contributed by atoms with Crippen LogP contribution in [0.2, 0.25) is 0 Å². The number of amides is 1. The summed E-state index contributed by atoms with van der Waals surface area (Å²) in [4.78, 5) is 27.7. The Hall–Kier alpha value is -3.02. The number of phenols is 1. The second-order valence-electron chi connectivity index (χ2n) is 4.65. The van der Waals surface area contributed by atoms with Gasteiger partial charge in [-0.1, -0.05) is 12.1 Å². The number of aromatic nitrogens is 1. The first-order chi connectivity index (χ1) is 10.6. The fraction of sp³-hybridized carbons (Fsp3) is 0.125. The minimum atomic E-state index is -0.536. The molecule has 0 fully saturated rings. The van der Waals surface area contributed by atoms with Crippen molar-refractivity contribution in [3.63, 3.8) is 0 Å². The molecule has 0 aliphatic heterocycles. The number of benzene rings is 1. The highest BCUT2D eigenvalue weighted by Gasteiger charge is 2.10. The van der Waals surface area contributed by atoms with Gasteiger partial charge in [0.1, 0.15) is 5.75 Å².